The fourth-order valence-electron chi connectivity index (χ4n) is 1.76. The van der Waals surface area contributed by atoms with Crippen LogP contribution in [0, 0.1) is 0 Å². The van der Waals surface area contributed by atoms with Crippen molar-refractivity contribution in [1.29, 1.82) is 0 Å². The number of H-pyrrole nitrogens is 1. The van der Waals surface area contributed by atoms with Crippen molar-refractivity contribution in [1.82, 2.24) is 20.3 Å². The summed E-state index contributed by atoms with van der Waals surface area (Å²) in [5, 5.41) is 4.84. The number of thiazole rings is 1. The molecular formula is C12H11N5OS. The van der Waals surface area contributed by atoms with Crippen LogP contribution in [0.1, 0.15) is 16.1 Å². The number of carbonyl (C=O) groups is 1. The van der Waals surface area contributed by atoms with Gasteiger partial charge in [0.2, 0.25) is 0 Å². The van der Waals surface area contributed by atoms with E-state index in [0.717, 1.165) is 16.6 Å². The Kier molecular flexibility index (Phi) is 2.88. The number of imidazole rings is 1. The molecule has 0 aliphatic carbocycles. The van der Waals surface area contributed by atoms with Gasteiger partial charge in [-0.2, -0.15) is 0 Å². The minimum Gasteiger partial charge on any atom is -0.375 e. The standard InChI is InChI=1S/C12H11N5OS/c13-12-17-10(5-19-12)11(18)14-4-7-1-2-8-9(3-7)16-6-15-8/h1-3,5-6H,4H2,(H2,13,17)(H,14,18)(H,15,16). The quantitative estimate of drug-likeness (QED) is 0.674. The lowest BCUT2D eigenvalue weighted by molar-refractivity contribution is 0.0946. The lowest BCUT2D eigenvalue weighted by atomic mass is 10.2. The van der Waals surface area contributed by atoms with Crippen molar-refractivity contribution in [2.75, 3.05) is 5.73 Å². The van der Waals surface area contributed by atoms with Gasteiger partial charge in [-0.15, -0.1) is 11.3 Å². The van der Waals surface area contributed by atoms with Gasteiger partial charge in [0.15, 0.2) is 5.13 Å². The minimum absolute atomic E-state index is 0.224. The number of hydrogen-bond donors (Lipinski definition) is 3. The Bertz CT molecular complexity index is 732. The zero-order valence-corrected chi connectivity index (χ0v) is 10.7. The molecule has 2 heterocycles. The van der Waals surface area contributed by atoms with Crippen molar-refractivity contribution >= 4 is 33.4 Å². The van der Waals surface area contributed by atoms with E-state index in [2.05, 4.69) is 20.3 Å². The average Bonchev–Trinajstić information content (AvgIpc) is 3.03. The number of rotatable bonds is 3. The molecule has 0 bridgehead atoms. The van der Waals surface area contributed by atoms with E-state index < -0.39 is 0 Å². The zero-order valence-electron chi connectivity index (χ0n) is 9.88. The second-order valence-electron chi connectivity index (χ2n) is 4.01. The highest BCUT2D eigenvalue weighted by atomic mass is 32.1. The third-order valence-electron chi connectivity index (χ3n) is 2.69. The topological polar surface area (TPSA) is 96.7 Å². The molecule has 96 valence electrons. The first-order valence-electron chi connectivity index (χ1n) is 5.63. The predicted octanol–water partition coefficient (Wildman–Crippen LogP) is 1.53. The van der Waals surface area contributed by atoms with Crippen LogP contribution >= 0.6 is 11.3 Å². The monoisotopic (exact) mass is 273 g/mol. The number of hydrogen-bond acceptors (Lipinski definition) is 5. The van der Waals surface area contributed by atoms with Crippen molar-refractivity contribution < 1.29 is 4.79 Å². The number of anilines is 1. The molecule has 1 amide bonds. The van der Waals surface area contributed by atoms with E-state index in [9.17, 15) is 4.79 Å². The molecule has 0 fully saturated rings. The van der Waals surface area contributed by atoms with Gasteiger partial charge in [0.25, 0.3) is 5.91 Å². The molecule has 0 aliphatic heterocycles. The van der Waals surface area contributed by atoms with Gasteiger partial charge in [-0.1, -0.05) is 6.07 Å². The van der Waals surface area contributed by atoms with Crippen LogP contribution < -0.4 is 11.1 Å². The fourth-order valence-corrected chi connectivity index (χ4v) is 2.30. The van der Waals surface area contributed by atoms with Crippen LogP contribution in [-0.2, 0) is 6.54 Å². The van der Waals surface area contributed by atoms with Crippen molar-refractivity contribution in [2.45, 2.75) is 6.54 Å². The molecule has 0 atom stereocenters. The van der Waals surface area contributed by atoms with Crippen LogP contribution in [0.5, 0.6) is 0 Å². The Balaban J connectivity index is 1.70. The van der Waals surface area contributed by atoms with Crippen molar-refractivity contribution in [2.24, 2.45) is 0 Å². The summed E-state index contributed by atoms with van der Waals surface area (Å²) in [5.74, 6) is -0.224. The molecule has 0 saturated heterocycles. The molecule has 3 aromatic rings. The number of amides is 1. The summed E-state index contributed by atoms with van der Waals surface area (Å²) in [6, 6.07) is 5.80. The molecule has 2 aromatic heterocycles. The third kappa shape index (κ3) is 2.41. The zero-order chi connectivity index (χ0) is 13.2. The van der Waals surface area contributed by atoms with E-state index in [0.29, 0.717) is 17.4 Å². The first kappa shape index (κ1) is 11.7. The van der Waals surface area contributed by atoms with E-state index >= 15 is 0 Å². The number of nitrogen functional groups attached to an aromatic ring is 1. The van der Waals surface area contributed by atoms with E-state index in [1.165, 1.54) is 11.3 Å². The number of benzene rings is 1. The van der Waals surface area contributed by atoms with Crippen molar-refractivity contribution in [3.05, 3.63) is 41.2 Å². The summed E-state index contributed by atoms with van der Waals surface area (Å²) in [6.45, 7) is 0.436. The van der Waals surface area contributed by atoms with Crippen LogP contribution in [0.4, 0.5) is 5.13 Å². The fraction of sp³-hybridized carbons (Fsp3) is 0.0833. The lowest BCUT2D eigenvalue weighted by Crippen LogP contribution is -2.23. The first-order valence-corrected chi connectivity index (χ1v) is 6.51. The van der Waals surface area contributed by atoms with Crippen LogP contribution in [0.2, 0.25) is 0 Å². The second-order valence-corrected chi connectivity index (χ2v) is 4.90. The Morgan fingerprint density at radius 3 is 3.16 bits per heavy atom. The highest BCUT2D eigenvalue weighted by molar-refractivity contribution is 7.13. The Hall–Kier alpha value is -2.41. The second kappa shape index (κ2) is 4.69. The number of nitrogens with zero attached hydrogens (tertiary/aromatic N) is 2. The summed E-state index contributed by atoms with van der Waals surface area (Å²) in [5.41, 5.74) is 8.69. The van der Waals surface area contributed by atoms with E-state index in [1.54, 1.807) is 11.7 Å². The minimum atomic E-state index is -0.224. The van der Waals surface area contributed by atoms with Crippen LogP contribution in [0.3, 0.4) is 0 Å². The highest BCUT2D eigenvalue weighted by Gasteiger charge is 2.09. The van der Waals surface area contributed by atoms with Gasteiger partial charge in [0.1, 0.15) is 5.69 Å². The van der Waals surface area contributed by atoms with E-state index in [-0.39, 0.29) is 5.91 Å². The van der Waals surface area contributed by atoms with Gasteiger partial charge in [0, 0.05) is 11.9 Å². The van der Waals surface area contributed by atoms with Crippen LogP contribution in [0.25, 0.3) is 11.0 Å². The Morgan fingerprint density at radius 1 is 1.47 bits per heavy atom. The molecule has 0 saturated carbocycles. The maximum Gasteiger partial charge on any atom is 0.271 e. The SMILES string of the molecule is Nc1nc(C(=O)NCc2ccc3nc[nH]c3c2)cs1. The van der Waals surface area contributed by atoms with Crippen molar-refractivity contribution in [3.8, 4) is 0 Å². The van der Waals surface area contributed by atoms with Gasteiger partial charge < -0.3 is 16.0 Å². The Morgan fingerprint density at radius 2 is 2.37 bits per heavy atom. The van der Waals surface area contributed by atoms with Gasteiger partial charge in [-0.05, 0) is 17.7 Å². The number of nitrogens with two attached hydrogens (primary N) is 1. The normalized spacial score (nSPS) is 10.7. The molecule has 4 N–H and O–H groups in total. The molecule has 0 aliphatic rings. The maximum absolute atomic E-state index is 11.8. The van der Waals surface area contributed by atoms with Gasteiger partial charge in [-0.25, -0.2) is 9.97 Å². The number of fused-ring (bicyclic) bond motifs is 1. The molecule has 0 unspecified atom stereocenters. The van der Waals surface area contributed by atoms with E-state index in [4.69, 9.17) is 5.73 Å². The largest absolute Gasteiger partial charge is 0.375 e. The summed E-state index contributed by atoms with van der Waals surface area (Å²) in [7, 11) is 0. The molecule has 1 aromatic carbocycles. The number of aromatic nitrogens is 3. The molecule has 0 spiro atoms. The molecule has 19 heavy (non-hydrogen) atoms. The Labute approximate surface area is 112 Å². The average molecular weight is 273 g/mol. The third-order valence-corrected chi connectivity index (χ3v) is 3.37. The predicted molar refractivity (Wildman–Crippen MR) is 73.8 cm³/mol. The maximum atomic E-state index is 11.8. The summed E-state index contributed by atoms with van der Waals surface area (Å²) < 4.78 is 0. The molecule has 7 heteroatoms. The lowest BCUT2D eigenvalue weighted by Gasteiger charge is -2.03. The first-order chi connectivity index (χ1) is 9.22. The summed E-state index contributed by atoms with van der Waals surface area (Å²) in [6.07, 6.45) is 1.64. The van der Waals surface area contributed by atoms with Crippen molar-refractivity contribution in [3.63, 3.8) is 0 Å². The van der Waals surface area contributed by atoms with Crippen LogP contribution in [-0.4, -0.2) is 20.9 Å². The summed E-state index contributed by atoms with van der Waals surface area (Å²) in [4.78, 5) is 22.9. The highest BCUT2D eigenvalue weighted by Crippen LogP contribution is 2.13. The summed E-state index contributed by atoms with van der Waals surface area (Å²) >= 11 is 1.25. The van der Waals surface area contributed by atoms with Gasteiger partial charge in [-0.3, -0.25) is 4.79 Å². The number of carbonyl (C=O) groups excluding carboxylic acids is 1. The smallest absolute Gasteiger partial charge is 0.271 e. The van der Waals surface area contributed by atoms with Gasteiger partial charge in [0.05, 0.1) is 17.4 Å². The molecule has 0 radical (unpaired) electrons. The molecule has 3 rings (SSSR count). The number of aromatic amines is 1. The van der Waals surface area contributed by atoms with Gasteiger partial charge >= 0.3 is 0 Å². The number of nitrogens with one attached hydrogen (secondary N) is 2. The molecular weight excluding hydrogens is 262 g/mol. The van der Waals surface area contributed by atoms with Crippen LogP contribution in [0.15, 0.2) is 29.9 Å². The molecule has 6 nitrogen and oxygen atoms in total. The van der Waals surface area contributed by atoms with E-state index in [1.807, 2.05) is 18.2 Å².